The molecule has 1 amide bonds. The molecule has 0 bridgehead atoms. The molecule has 3 unspecified atom stereocenters. The summed E-state index contributed by atoms with van der Waals surface area (Å²) in [7, 11) is 0. The minimum absolute atomic E-state index is 0.0472. The van der Waals surface area contributed by atoms with E-state index in [1.807, 2.05) is 31.2 Å². The zero-order valence-corrected chi connectivity index (χ0v) is 25.4. The van der Waals surface area contributed by atoms with Crippen molar-refractivity contribution in [3.05, 3.63) is 29.8 Å². The summed E-state index contributed by atoms with van der Waals surface area (Å²) in [5.74, 6) is 1.24. The van der Waals surface area contributed by atoms with Gasteiger partial charge in [0.05, 0.1) is 18.8 Å². The predicted molar refractivity (Wildman–Crippen MR) is 157 cm³/mol. The summed E-state index contributed by atoms with van der Waals surface area (Å²) in [5.41, 5.74) is 0.0506. The van der Waals surface area contributed by atoms with Crippen molar-refractivity contribution in [2.24, 2.45) is 17.8 Å². The van der Waals surface area contributed by atoms with Crippen LogP contribution >= 0.6 is 23.5 Å². The van der Waals surface area contributed by atoms with Crippen LogP contribution in [0.4, 0.5) is 0 Å². The number of fused-ring (bicyclic) bond motifs is 1. The van der Waals surface area contributed by atoms with Crippen LogP contribution in [0.2, 0.25) is 0 Å². The molecular formula is C29H46N2O7S2. The van der Waals surface area contributed by atoms with Gasteiger partial charge in [-0.05, 0) is 61.0 Å². The topological polar surface area (TPSA) is 141 Å². The Labute approximate surface area is 246 Å². The molecule has 11 heteroatoms. The molecule has 3 aliphatic rings. The first-order valence-corrected chi connectivity index (χ1v) is 16.5. The first kappa shape index (κ1) is 32.0. The van der Waals surface area contributed by atoms with Gasteiger partial charge in [-0.15, -0.1) is 23.5 Å². The van der Waals surface area contributed by atoms with Crippen LogP contribution in [-0.4, -0.2) is 99.0 Å². The molecule has 40 heavy (non-hydrogen) atoms. The molecule has 3 heterocycles. The third-order valence-electron chi connectivity index (χ3n) is 8.39. The fourth-order valence-corrected chi connectivity index (χ4v) is 8.09. The van der Waals surface area contributed by atoms with Crippen molar-refractivity contribution >= 4 is 29.4 Å². The van der Waals surface area contributed by atoms with E-state index >= 15 is 0 Å². The number of hydrogen-bond donors (Lipinski definition) is 6. The lowest BCUT2D eigenvalue weighted by molar-refractivity contribution is -0.205. The third kappa shape index (κ3) is 7.54. The highest BCUT2D eigenvalue weighted by molar-refractivity contribution is 8.00. The average molecular weight is 599 g/mol. The molecule has 0 aromatic heterocycles. The quantitative estimate of drug-likeness (QED) is 0.221. The van der Waals surface area contributed by atoms with Gasteiger partial charge in [-0.25, -0.2) is 0 Å². The molecule has 4 rings (SSSR count). The summed E-state index contributed by atoms with van der Waals surface area (Å²) < 4.78 is 12.4. The Morgan fingerprint density at radius 3 is 2.50 bits per heavy atom. The van der Waals surface area contributed by atoms with E-state index in [9.17, 15) is 25.2 Å². The first-order chi connectivity index (χ1) is 19.1. The highest BCUT2D eigenvalue weighted by atomic mass is 32.2. The van der Waals surface area contributed by atoms with E-state index in [4.69, 9.17) is 9.47 Å². The van der Waals surface area contributed by atoms with Crippen LogP contribution in [0.15, 0.2) is 29.2 Å². The fourth-order valence-electron chi connectivity index (χ4n) is 6.32. The van der Waals surface area contributed by atoms with Gasteiger partial charge < -0.3 is 40.5 Å². The number of hydrogen-bond acceptors (Lipinski definition) is 10. The summed E-state index contributed by atoms with van der Waals surface area (Å²) in [4.78, 5) is 14.8. The Hall–Kier alpha value is -0.890. The number of aliphatic hydroxyl groups excluding tert-OH is 4. The lowest BCUT2D eigenvalue weighted by Crippen LogP contribution is -2.65. The molecule has 226 valence electrons. The van der Waals surface area contributed by atoms with Crippen molar-refractivity contribution in [1.82, 2.24) is 10.6 Å². The highest BCUT2D eigenvalue weighted by Gasteiger charge is 2.50. The van der Waals surface area contributed by atoms with Gasteiger partial charge in [-0.1, -0.05) is 32.9 Å². The van der Waals surface area contributed by atoms with Crippen LogP contribution < -0.4 is 10.6 Å². The molecule has 3 fully saturated rings. The number of nitrogens with one attached hydrogen (secondary N) is 2. The van der Waals surface area contributed by atoms with Crippen molar-refractivity contribution in [3.63, 3.8) is 0 Å². The number of amides is 1. The first-order valence-electron chi connectivity index (χ1n) is 14.4. The Morgan fingerprint density at radius 1 is 1.12 bits per heavy atom. The number of rotatable bonds is 10. The molecule has 0 saturated carbocycles. The molecular weight excluding hydrogens is 552 g/mol. The largest absolute Gasteiger partial charge is 0.392 e. The van der Waals surface area contributed by atoms with Crippen LogP contribution in [0.1, 0.15) is 45.6 Å². The van der Waals surface area contributed by atoms with E-state index in [-0.39, 0.29) is 29.8 Å². The molecule has 9 nitrogen and oxygen atoms in total. The molecule has 3 aliphatic heterocycles. The second-order valence-electron chi connectivity index (χ2n) is 11.8. The fraction of sp³-hybridized carbons (Fsp3) is 0.759. The second kappa shape index (κ2) is 14.5. The van der Waals surface area contributed by atoms with Gasteiger partial charge in [0, 0.05) is 23.3 Å². The monoisotopic (exact) mass is 598 g/mol. The van der Waals surface area contributed by atoms with E-state index in [0.29, 0.717) is 25.0 Å². The van der Waals surface area contributed by atoms with Gasteiger partial charge in [-0.2, -0.15) is 0 Å². The van der Waals surface area contributed by atoms with Crippen molar-refractivity contribution in [3.8, 4) is 0 Å². The zero-order chi connectivity index (χ0) is 29.0. The Bertz CT molecular complexity index is 953. The Morgan fingerprint density at radius 2 is 1.85 bits per heavy atom. The van der Waals surface area contributed by atoms with E-state index in [1.54, 1.807) is 6.26 Å². The maximum Gasteiger partial charge on any atom is 0.240 e. The second-order valence-corrected chi connectivity index (χ2v) is 14.2. The van der Waals surface area contributed by atoms with Gasteiger partial charge >= 0.3 is 0 Å². The molecule has 0 spiro atoms. The van der Waals surface area contributed by atoms with Gasteiger partial charge in [0.2, 0.25) is 5.91 Å². The number of benzene rings is 1. The van der Waals surface area contributed by atoms with Crippen LogP contribution in [0.5, 0.6) is 0 Å². The van der Waals surface area contributed by atoms with Crippen molar-refractivity contribution in [2.45, 2.75) is 105 Å². The standard InChI is InChI=1S/C29H46N2O7S2/c1-15(2)11-18-9-10-37-26-19(12-18)13-30-22(26)28(36)31-21(16(3)40-20-7-5-17(14-32)6-8-20)27-24(34)23(33)25(35)29(38-27)39-4/h5-8,15-16,18-19,21-27,29-30,32-35H,9-14H2,1-4H3,(H,31,36)/t16-,18-,19-,21+,22-,23?,24?,25+,26+,27+,29?/m0/s1. The Kier molecular flexibility index (Phi) is 11.6. The summed E-state index contributed by atoms with van der Waals surface area (Å²) in [6.45, 7) is 7.73. The van der Waals surface area contributed by atoms with E-state index in [0.717, 1.165) is 29.7 Å². The molecule has 1 aromatic carbocycles. The zero-order valence-electron chi connectivity index (χ0n) is 23.8. The molecule has 0 radical (unpaired) electrons. The summed E-state index contributed by atoms with van der Waals surface area (Å²) in [5, 5.41) is 47.7. The molecule has 3 saturated heterocycles. The molecule has 0 aliphatic carbocycles. The SMILES string of the molecule is CSC1O[C@H]([C@H](NC(=O)[C@H]2NC[C@@H]3C[C@H](CC(C)C)CCO[C@H]32)[C@H](C)Sc2ccc(CO)cc2)C(O)C(O)[C@H]1O. The predicted octanol–water partition coefficient (Wildman–Crippen LogP) is 1.74. The Balaban J connectivity index is 1.52. The number of aliphatic hydroxyl groups is 4. The van der Waals surface area contributed by atoms with Crippen LogP contribution in [-0.2, 0) is 20.9 Å². The van der Waals surface area contributed by atoms with E-state index in [1.165, 1.54) is 23.5 Å². The van der Waals surface area contributed by atoms with Gasteiger partial charge in [-0.3, -0.25) is 4.79 Å². The molecule has 6 N–H and O–H groups in total. The highest BCUT2D eigenvalue weighted by Crippen LogP contribution is 2.36. The minimum Gasteiger partial charge on any atom is -0.392 e. The van der Waals surface area contributed by atoms with Gasteiger partial charge in [0.1, 0.15) is 35.9 Å². The van der Waals surface area contributed by atoms with Crippen molar-refractivity contribution in [1.29, 1.82) is 0 Å². The number of ether oxygens (including phenoxy) is 2. The summed E-state index contributed by atoms with van der Waals surface area (Å²) in [6, 6.07) is 6.29. The van der Waals surface area contributed by atoms with Crippen molar-refractivity contribution < 1.29 is 34.7 Å². The normalized spacial score (nSPS) is 36.1. The average Bonchev–Trinajstić information content (AvgIpc) is 3.22. The number of carbonyl (C=O) groups is 1. The smallest absolute Gasteiger partial charge is 0.240 e. The van der Waals surface area contributed by atoms with Crippen LogP contribution in [0.3, 0.4) is 0 Å². The lowest BCUT2D eigenvalue weighted by Gasteiger charge is -2.44. The third-order valence-corrected chi connectivity index (χ3v) is 10.5. The minimum atomic E-state index is -1.41. The van der Waals surface area contributed by atoms with Crippen LogP contribution in [0.25, 0.3) is 0 Å². The lowest BCUT2D eigenvalue weighted by atomic mass is 9.85. The molecule has 11 atom stereocenters. The molecule has 1 aromatic rings. The summed E-state index contributed by atoms with van der Waals surface area (Å²) >= 11 is 2.75. The van der Waals surface area contributed by atoms with E-state index < -0.39 is 41.9 Å². The van der Waals surface area contributed by atoms with E-state index in [2.05, 4.69) is 24.5 Å². The van der Waals surface area contributed by atoms with Crippen molar-refractivity contribution in [2.75, 3.05) is 19.4 Å². The van der Waals surface area contributed by atoms with Gasteiger partial charge in [0.15, 0.2) is 0 Å². The maximum atomic E-state index is 13.8. The van der Waals surface area contributed by atoms with Gasteiger partial charge in [0.25, 0.3) is 0 Å². The van der Waals surface area contributed by atoms with Crippen LogP contribution in [0, 0.1) is 17.8 Å². The summed E-state index contributed by atoms with van der Waals surface area (Å²) in [6.07, 6.45) is -0.262. The maximum absolute atomic E-state index is 13.8. The number of carbonyl (C=O) groups excluding carboxylic acids is 1. The number of thioether (sulfide) groups is 2.